The fourth-order valence-corrected chi connectivity index (χ4v) is 1.93. The van der Waals surface area contributed by atoms with E-state index in [0.29, 0.717) is 43.2 Å². The minimum absolute atomic E-state index is 0.225. The molecule has 5 heteroatoms. The van der Waals surface area contributed by atoms with Crippen LogP contribution in [0.25, 0.3) is 0 Å². The van der Waals surface area contributed by atoms with Crippen molar-refractivity contribution in [2.24, 2.45) is 5.73 Å². The van der Waals surface area contributed by atoms with Crippen LogP contribution in [0.4, 0.5) is 4.39 Å². The van der Waals surface area contributed by atoms with E-state index in [4.69, 9.17) is 19.9 Å². The van der Waals surface area contributed by atoms with Crippen LogP contribution in [0, 0.1) is 5.82 Å². The summed E-state index contributed by atoms with van der Waals surface area (Å²) in [4.78, 5) is 0. The van der Waals surface area contributed by atoms with Crippen LogP contribution in [0.2, 0.25) is 0 Å². The van der Waals surface area contributed by atoms with E-state index in [1.54, 1.807) is 0 Å². The average Bonchev–Trinajstić information content (AvgIpc) is 2.35. The van der Waals surface area contributed by atoms with Crippen molar-refractivity contribution in [1.29, 1.82) is 0 Å². The number of nitrogens with two attached hydrogens (primary N) is 1. The number of benzene rings is 1. The molecule has 2 rings (SSSR count). The van der Waals surface area contributed by atoms with E-state index in [0.717, 1.165) is 6.42 Å². The van der Waals surface area contributed by atoms with Gasteiger partial charge in [0.1, 0.15) is 13.2 Å². The van der Waals surface area contributed by atoms with Gasteiger partial charge in [0.15, 0.2) is 23.1 Å². The average molecular weight is 241 g/mol. The van der Waals surface area contributed by atoms with Crippen molar-refractivity contribution < 1.29 is 18.6 Å². The molecule has 0 saturated carbocycles. The third-order valence-corrected chi connectivity index (χ3v) is 2.67. The summed E-state index contributed by atoms with van der Waals surface area (Å²) >= 11 is 0. The number of hydrogen-bond donors (Lipinski definition) is 1. The third-order valence-electron chi connectivity index (χ3n) is 2.67. The topological polar surface area (TPSA) is 53.7 Å². The Labute approximate surface area is 99.5 Å². The molecule has 0 aliphatic carbocycles. The maximum absolute atomic E-state index is 13.8. The van der Waals surface area contributed by atoms with Gasteiger partial charge in [0, 0.05) is 11.6 Å². The van der Waals surface area contributed by atoms with Crippen LogP contribution in [0.1, 0.15) is 12.0 Å². The Balaban J connectivity index is 2.45. The molecule has 0 fully saturated rings. The van der Waals surface area contributed by atoms with E-state index < -0.39 is 5.82 Å². The second kappa shape index (κ2) is 5.23. The fourth-order valence-electron chi connectivity index (χ4n) is 1.93. The molecule has 2 N–H and O–H groups in total. The van der Waals surface area contributed by atoms with E-state index in [-0.39, 0.29) is 5.75 Å². The number of hydrogen-bond acceptors (Lipinski definition) is 4. The Kier molecular flexibility index (Phi) is 3.68. The van der Waals surface area contributed by atoms with E-state index >= 15 is 0 Å². The molecule has 0 aromatic heterocycles. The summed E-state index contributed by atoms with van der Waals surface area (Å²) in [6.45, 7) is 1.45. The smallest absolute Gasteiger partial charge is 0.169 e. The Hall–Kier alpha value is -1.49. The fraction of sp³-hybridized carbons (Fsp3) is 0.500. The normalized spacial score (nSPS) is 13.6. The molecule has 1 aliphatic rings. The van der Waals surface area contributed by atoms with Crippen LogP contribution >= 0.6 is 0 Å². The summed E-state index contributed by atoms with van der Waals surface area (Å²) in [5, 5.41) is 0. The third kappa shape index (κ3) is 2.29. The molecule has 0 amide bonds. The number of fused-ring (bicyclic) bond motifs is 1. The van der Waals surface area contributed by atoms with Gasteiger partial charge in [-0.25, -0.2) is 4.39 Å². The summed E-state index contributed by atoms with van der Waals surface area (Å²) in [7, 11) is 1.44. The van der Waals surface area contributed by atoms with E-state index in [2.05, 4.69) is 0 Å². The van der Waals surface area contributed by atoms with Crippen LogP contribution in [0.15, 0.2) is 6.07 Å². The number of halogens is 1. The van der Waals surface area contributed by atoms with Crippen molar-refractivity contribution in [3.05, 3.63) is 17.4 Å². The standard InChI is InChI=1S/C12H16FNO3/c1-15-11-8(3-2-4-14)12-10(7-9(11)13)16-5-6-17-12/h7H,2-6,14H2,1H3. The van der Waals surface area contributed by atoms with Gasteiger partial charge >= 0.3 is 0 Å². The monoisotopic (exact) mass is 241 g/mol. The quantitative estimate of drug-likeness (QED) is 0.867. The van der Waals surface area contributed by atoms with Crippen molar-refractivity contribution in [1.82, 2.24) is 0 Å². The molecule has 94 valence electrons. The van der Waals surface area contributed by atoms with Crippen molar-refractivity contribution in [3.8, 4) is 17.2 Å². The van der Waals surface area contributed by atoms with Gasteiger partial charge in [0.05, 0.1) is 7.11 Å². The van der Waals surface area contributed by atoms with Crippen LogP contribution in [-0.2, 0) is 6.42 Å². The second-order valence-electron chi connectivity index (χ2n) is 3.79. The highest BCUT2D eigenvalue weighted by Crippen LogP contribution is 2.41. The van der Waals surface area contributed by atoms with Crippen LogP contribution in [0.3, 0.4) is 0 Å². The van der Waals surface area contributed by atoms with Gasteiger partial charge in [-0.2, -0.15) is 0 Å². The summed E-state index contributed by atoms with van der Waals surface area (Å²) < 4.78 is 29.8. The van der Waals surface area contributed by atoms with Gasteiger partial charge in [-0.05, 0) is 19.4 Å². The highest BCUT2D eigenvalue weighted by Gasteiger charge is 2.23. The largest absolute Gasteiger partial charge is 0.493 e. The Morgan fingerprint density at radius 2 is 2.18 bits per heavy atom. The van der Waals surface area contributed by atoms with Gasteiger partial charge in [0.2, 0.25) is 0 Å². The molecule has 0 atom stereocenters. The van der Waals surface area contributed by atoms with Gasteiger partial charge < -0.3 is 19.9 Å². The molecule has 0 unspecified atom stereocenters. The molecule has 17 heavy (non-hydrogen) atoms. The summed E-state index contributed by atoms with van der Waals surface area (Å²) in [5.41, 5.74) is 6.18. The minimum Gasteiger partial charge on any atom is -0.493 e. The number of methoxy groups -OCH3 is 1. The molecule has 4 nitrogen and oxygen atoms in total. The molecule has 0 spiro atoms. The lowest BCUT2D eigenvalue weighted by Gasteiger charge is -2.23. The first-order chi connectivity index (χ1) is 8.27. The van der Waals surface area contributed by atoms with E-state index in [1.165, 1.54) is 13.2 Å². The lowest BCUT2D eigenvalue weighted by molar-refractivity contribution is 0.167. The van der Waals surface area contributed by atoms with E-state index in [9.17, 15) is 4.39 Å². The Morgan fingerprint density at radius 1 is 1.41 bits per heavy atom. The van der Waals surface area contributed by atoms with Crippen LogP contribution < -0.4 is 19.9 Å². The van der Waals surface area contributed by atoms with Gasteiger partial charge in [-0.3, -0.25) is 0 Å². The predicted molar refractivity (Wildman–Crippen MR) is 61.3 cm³/mol. The zero-order valence-corrected chi connectivity index (χ0v) is 9.79. The summed E-state index contributed by atoms with van der Waals surface area (Å²) in [6.07, 6.45) is 1.36. The molecule has 0 radical (unpaired) electrons. The van der Waals surface area contributed by atoms with Gasteiger partial charge in [0.25, 0.3) is 0 Å². The van der Waals surface area contributed by atoms with Gasteiger partial charge in [-0.15, -0.1) is 0 Å². The molecular weight excluding hydrogens is 225 g/mol. The highest BCUT2D eigenvalue weighted by atomic mass is 19.1. The van der Waals surface area contributed by atoms with Crippen LogP contribution in [0.5, 0.6) is 17.2 Å². The Bertz CT molecular complexity index is 409. The zero-order chi connectivity index (χ0) is 12.3. The first-order valence-electron chi connectivity index (χ1n) is 5.63. The van der Waals surface area contributed by atoms with Gasteiger partial charge in [-0.1, -0.05) is 0 Å². The molecule has 0 saturated heterocycles. The van der Waals surface area contributed by atoms with Crippen molar-refractivity contribution in [3.63, 3.8) is 0 Å². The summed E-state index contributed by atoms with van der Waals surface area (Å²) in [6, 6.07) is 1.30. The molecular formula is C12H16FNO3. The molecule has 1 aromatic carbocycles. The highest BCUT2D eigenvalue weighted by molar-refractivity contribution is 5.55. The number of ether oxygens (including phenoxy) is 3. The maximum atomic E-state index is 13.8. The van der Waals surface area contributed by atoms with E-state index in [1.807, 2.05) is 0 Å². The maximum Gasteiger partial charge on any atom is 0.169 e. The van der Waals surface area contributed by atoms with Crippen LogP contribution in [-0.4, -0.2) is 26.9 Å². The number of rotatable bonds is 4. The molecule has 1 heterocycles. The minimum atomic E-state index is -0.427. The Morgan fingerprint density at radius 3 is 2.88 bits per heavy atom. The van der Waals surface area contributed by atoms with Crippen molar-refractivity contribution in [2.45, 2.75) is 12.8 Å². The zero-order valence-electron chi connectivity index (χ0n) is 9.79. The SMILES string of the molecule is COc1c(F)cc2c(c1CCCN)OCCO2. The predicted octanol–water partition coefficient (Wildman–Crippen LogP) is 1.50. The van der Waals surface area contributed by atoms with Crippen molar-refractivity contribution in [2.75, 3.05) is 26.9 Å². The molecule has 1 aromatic rings. The molecule has 1 aliphatic heterocycles. The second-order valence-corrected chi connectivity index (χ2v) is 3.79. The first-order valence-corrected chi connectivity index (χ1v) is 5.63. The first kappa shape index (κ1) is 12.0. The lowest BCUT2D eigenvalue weighted by Crippen LogP contribution is -2.18. The lowest BCUT2D eigenvalue weighted by atomic mass is 10.1. The van der Waals surface area contributed by atoms with Crippen molar-refractivity contribution >= 4 is 0 Å². The molecule has 0 bridgehead atoms. The summed E-state index contributed by atoms with van der Waals surface area (Å²) in [5.74, 6) is 0.830.